The van der Waals surface area contributed by atoms with E-state index in [1.165, 1.54) is 0 Å². The third-order valence-corrected chi connectivity index (χ3v) is 5.99. The Morgan fingerprint density at radius 2 is 2.03 bits per heavy atom. The number of benzene rings is 2. The highest BCUT2D eigenvalue weighted by Crippen LogP contribution is 2.29. The number of nitrogens with zero attached hydrogens (tertiary/aromatic N) is 5. The largest absolute Gasteiger partial charge is 0.378 e. The first-order valence-corrected chi connectivity index (χ1v) is 11.0. The summed E-state index contributed by atoms with van der Waals surface area (Å²) in [6.07, 6.45) is 7.31. The third kappa shape index (κ3) is 3.59. The highest BCUT2D eigenvalue weighted by molar-refractivity contribution is 6.00. The maximum atomic E-state index is 12.3. The van der Waals surface area contributed by atoms with Crippen LogP contribution in [0.4, 0.5) is 17.2 Å². The van der Waals surface area contributed by atoms with Gasteiger partial charge in [-0.25, -0.2) is 9.97 Å². The fraction of sp³-hybridized carbons (Fsp3) is 0.167. The van der Waals surface area contributed by atoms with Gasteiger partial charge >= 0.3 is 0 Å². The van der Waals surface area contributed by atoms with Crippen LogP contribution in [0.15, 0.2) is 61.2 Å². The molecule has 6 rings (SSSR count). The summed E-state index contributed by atoms with van der Waals surface area (Å²) in [5, 5.41) is 11.5. The minimum atomic E-state index is -0.481. The maximum Gasteiger partial charge on any atom is 0.250 e. The van der Waals surface area contributed by atoms with Gasteiger partial charge in [0.2, 0.25) is 0 Å². The lowest BCUT2D eigenvalue weighted by Crippen LogP contribution is -2.37. The van der Waals surface area contributed by atoms with E-state index >= 15 is 0 Å². The Balaban J connectivity index is 1.39. The second-order valence-corrected chi connectivity index (χ2v) is 8.13. The lowest BCUT2D eigenvalue weighted by atomic mass is 10.1. The van der Waals surface area contributed by atoms with Crippen molar-refractivity contribution in [3.63, 3.8) is 0 Å². The topological polar surface area (TPSA) is 126 Å². The van der Waals surface area contributed by atoms with Gasteiger partial charge in [0.25, 0.3) is 5.91 Å². The summed E-state index contributed by atoms with van der Waals surface area (Å²) in [7, 11) is 0. The highest BCUT2D eigenvalue weighted by atomic mass is 16.5. The van der Waals surface area contributed by atoms with Crippen molar-refractivity contribution in [2.75, 3.05) is 36.5 Å². The number of anilines is 3. The zero-order chi connectivity index (χ0) is 23.1. The average molecular weight is 454 g/mol. The number of H-pyrrole nitrogens is 1. The van der Waals surface area contributed by atoms with Crippen molar-refractivity contribution in [2.45, 2.75) is 0 Å². The first-order valence-electron chi connectivity index (χ1n) is 11.0. The second-order valence-electron chi connectivity index (χ2n) is 8.13. The van der Waals surface area contributed by atoms with Crippen LogP contribution in [-0.4, -0.2) is 56.8 Å². The number of nitrogens with one attached hydrogen (secondary N) is 2. The summed E-state index contributed by atoms with van der Waals surface area (Å²) in [4.78, 5) is 23.7. The van der Waals surface area contributed by atoms with Crippen molar-refractivity contribution in [1.29, 1.82) is 0 Å². The van der Waals surface area contributed by atoms with E-state index in [1.54, 1.807) is 18.5 Å². The average Bonchev–Trinajstić information content (AvgIpc) is 3.53. The normalized spacial score (nSPS) is 14.1. The van der Waals surface area contributed by atoms with Crippen LogP contribution in [0.2, 0.25) is 0 Å². The Hall–Kier alpha value is -4.44. The predicted molar refractivity (Wildman–Crippen MR) is 129 cm³/mol. The monoisotopic (exact) mass is 454 g/mol. The summed E-state index contributed by atoms with van der Waals surface area (Å²) < 4.78 is 7.35. The minimum absolute atomic E-state index is 0.451. The number of aromatic nitrogens is 5. The van der Waals surface area contributed by atoms with Crippen molar-refractivity contribution < 1.29 is 9.53 Å². The number of rotatable bonds is 5. The van der Waals surface area contributed by atoms with Crippen LogP contribution in [0, 0.1) is 0 Å². The zero-order valence-electron chi connectivity index (χ0n) is 18.2. The molecule has 1 fully saturated rings. The number of hydrogen-bond donors (Lipinski definition) is 3. The van der Waals surface area contributed by atoms with E-state index in [0.29, 0.717) is 49.0 Å². The van der Waals surface area contributed by atoms with Gasteiger partial charge in [-0.15, -0.1) is 0 Å². The summed E-state index contributed by atoms with van der Waals surface area (Å²) in [5.41, 5.74) is 11.0. The fourth-order valence-corrected chi connectivity index (χ4v) is 4.28. The molecular weight excluding hydrogens is 432 g/mol. The van der Waals surface area contributed by atoms with Crippen LogP contribution in [0.5, 0.6) is 0 Å². The molecule has 170 valence electrons. The van der Waals surface area contributed by atoms with Crippen LogP contribution in [0.1, 0.15) is 10.4 Å². The molecule has 10 nitrogen and oxygen atoms in total. The molecule has 1 saturated heterocycles. The Labute approximate surface area is 194 Å². The Bertz CT molecular complexity index is 1520. The van der Waals surface area contributed by atoms with Crippen LogP contribution in [0.25, 0.3) is 27.8 Å². The standard InChI is InChI=1S/C24H22N8O2/c25-22(33)18-12-17(3-4-21(18)31-7-9-34-10-8-31)28-23-24-26-5-6-32(24)14-20(29-23)15-1-2-16-13-27-30-19(16)11-15/h1-6,11-14H,7-10H2,(H2,25,33)(H,27,30)(H,28,29). The molecule has 3 aromatic heterocycles. The lowest BCUT2D eigenvalue weighted by molar-refractivity contribution is 0.0998. The number of aromatic amines is 1. The van der Waals surface area contributed by atoms with E-state index in [-0.39, 0.29) is 0 Å². The van der Waals surface area contributed by atoms with Crippen LogP contribution < -0.4 is 16.0 Å². The van der Waals surface area contributed by atoms with Crippen LogP contribution in [0.3, 0.4) is 0 Å². The number of hydrogen-bond acceptors (Lipinski definition) is 7. The maximum absolute atomic E-state index is 12.3. The molecule has 2 aromatic carbocycles. The third-order valence-electron chi connectivity index (χ3n) is 5.99. The van der Waals surface area contributed by atoms with Gasteiger partial charge in [0.15, 0.2) is 11.5 Å². The van der Waals surface area contributed by atoms with E-state index in [9.17, 15) is 4.79 Å². The van der Waals surface area contributed by atoms with Gasteiger partial charge < -0.3 is 25.1 Å². The molecule has 0 atom stereocenters. The summed E-state index contributed by atoms with van der Waals surface area (Å²) >= 11 is 0. The fourth-order valence-electron chi connectivity index (χ4n) is 4.28. The number of fused-ring (bicyclic) bond motifs is 2. The number of amides is 1. The molecule has 1 aliphatic heterocycles. The number of imidazole rings is 1. The molecule has 0 bridgehead atoms. The minimum Gasteiger partial charge on any atom is -0.378 e. The Morgan fingerprint density at radius 3 is 2.88 bits per heavy atom. The van der Waals surface area contributed by atoms with Crippen molar-refractivity contribution in [1.82, 2.24) is 24.6 Å². The summed E-state index contributed by atoms with van der Waals surface area (Å²) in [6.45, 7) is 2.67. The Kier molecular flexibility index (Phi) is 4.84. The van der Waals surface area contributed by atoms with E-state index in [4.69, 9.17) is 15.5 Å². The molecule has 0 radical (unpaired) electrons. The first kappa shape index (κ1) is 20.2. The molecule has 5 aromatic rings. The molecule has 4 N–H and O–H groups in total. The molecule has 0 spiro atoms. The summed E-state index contributed by atoms with van der Waals surface area (Å²) in [5.74, 6) is 0.0902. The molecule has 0 saturated carbocycles. The second kappa shape index (κ2) is 8.16. The van der Waals surface area contributed by atoms with Crippen molar-refractivity contribution in [2.24, 2.45) is 5.73 Å². The Morgan fingerprint density at radius 1 is 1.15 bits per heavy atom. The molecule has 1 amide bonds. The van der Waals surface area contributed by atoms with E-state index in [1.807, 2.05) is 47.1 Å². The van der Waals surface area contributed by atoms with Gasteiger partial charge in [-0.05, 0) is 24.3 Å². The number of ether oxygens (including phenoxy) is 1. The number of carbonyl (C=O) groups excluding carboxylic acids is 1. The van der Waals surface area contributed by atoms with Gasteiger partial charge in [0.1, 0.15) is 0 Å². The lowest BCUT2D eigenvalue weighted by Gasteiger charge is -2.30. The SMILES string of the molecule is NC(=O)c1cc(Nc2nc(-c3ccc4cn[nH]c4c3)cn3ccnc23)ccc1N1CCOCC1. The van der Waals surface area contributed by atoms with Crippen molar-refractivity contribution in [3.8, 4) is 11.3 Å². The van der Waals surface area contributed by atoms with Crippen molar-refractivity contribution >= 4 is 39.6 Å². The van der Waals surface area contributed by atoms with Gasteiger partial charge in [-0.1, -0.05) is 12.1 Å². The smallest absolute Gasteiger partial charge is 0.250 e. The van der Waals surface area contributed by atoms with Gasteiger partial charge in [0.05, 0.1) is 36.2 Å². The number of carbonyl (C=O) groups is 1. The summed E-state index contributed by atoms with van der Waals surface area (Å²) in [6, 6.07) is 11.6. The zero-order valence-corrected chi connectivity index (χ0v) is 18.2. The quantitative estimate of drug-likeness (QED) is 0.373. The van der Waals surface area contributed by atoms with Crippen LogP contribution in [-0.2, 0) is 4.74 Å². The van der Waals surface area contributed by atoms with Gasteiger partial charge in [-0.2, -0.15) is 5.10 Å². The molecular formula is C24H22N8O2. The van der Waals surface area contributed by atoms with Crippen molar-refractivity contribution in [3.05, 3.63) is 66.7 Å². The molecule has 34 heavy (non-hydrogen) atoms. The molecule has 10 heteroatoms. The highest BCUT2D eigenvalue weighted by Gasteiger charge is 2.19. The molecule has 4 heterocycles. The van der Waals surface area contributed by atoms with Gasteiger partial charge in [0, 0.05) is 54.0 Å². The van der Waals surface area contributed by atoms with Gasteiger partial charge in [-0.3, -0.25) is 9.89 Å². The number of morpholine rings is 1. The van der Waals surface area contributed by atoms with E-state index < -0.39 is 5.91 Å². The molecule has 1 aliphatic rings. The molecule has 0 unspecified atom stereocenters. The van der Waals surface area contributed by atoms with E-state index in [0.717, 1.165) is 27.8 Å². The number of nitrogens with two attached hydrogens (primary N) is 1. The predicted octanol–water partition coefficient (Wildman–Crippen LogP) is 2.95. The van der Waals surface area contributed by atoms with Crippen LogP contribution >= 0.6 is 0 Å². The van der Waals surface area contributed by atoms with E-state index in [2.05, 4.69) is 25.4 Å². The molecule has 0 aliphatic carbocycles. The first-order chi connectivity index (χ1) is 16.7. The number of primary amides is 1.